The number of benzene rings is 1. The van der Waals surface area contributed by atoms with Gasteiger partial charge < -0.3 is 14.0 Å². The monoisotopic (exact) mass is 333 g/mol. The topological polar surface area (TPSA) is 69.8 Å². The highest BCUT2D eigenvalue weighted by Crippen LogP contribution is 2.38. The molecule has 1 saturated heterocycles. The summed E-state index contributed by atoms with van der Waals surface area (Å²) in [6, 6.07) is 3.55. The molecule has 3 rings (SSSR count). The highest BCUT2D eigenvalue weighted by atomic mass is 16.6. The third-order valence-corrected chi connectivity index (χ3v) is 4.60. The van der Waals surface area contributed by atoms with E-state index in [9.17, 15) is 10.1 Å². The number of fused-ring (bicyclic) bond motifs is 1. The molecule has 0 amide bonds. The fraction of sp³-hybridized carbons (Fsp3) is 0.529. The van der Waals surface area contributed by atoms with Crippen molar-refractivity contribution in [2.24, 2.45) is 7.05 Å². The molecule has 0 unspecified atom stereocenters. The van der Waals surface area contributed by atoms with Gasteiger partial charge in [0.05, 0.1) is 36.1 Å². The second-order valence-electron chi connectivity index (χ2n) is 6.09. The molecule has 1 aliphatic rings. The Bertz CT molecular complexity index is 735. The number of nitro groups is 1. The Hall–Kier alpha value is -2.12. The Morgan fingerprint density at radius 1 is 1.33 bits per heavy atom. The van der Waals surface area contributed by atoms with Gasteiger partial charge in [-0.1, -0.05) is 0 Å². The van der Waals surface area contributed by atoms with Crippen molar-refractivity contribution < 1.29 is 14.4 Å². The van der Waals surface area contributed by atoms with Crippen LogP contribution in [0.1, 0.15) is 12.0 Å². The maximum atomic E-state index is 11.6. The van der Waals surface area contributed by atoms with Crippen molar-refractivity contribution >= 4 is 16.6 Å². The summed E-state index contributed by atoms with van der Waals surface area (Å²) in [6.07, 6.45) is 3.77. The van der Waals surface area contributed by atoms with Crippen molar-refractivity contribution in [3.63, 3.8) is 0 Å². The average Bonchev–Trinajstić information content (AvgIpc) is 2.91. The maximum absolute atomic E-state index is 11.6. The first-order valence-electron chi connectivity index (χ1n) is 8.21. The number of methoxy groups -OCH3 is 1. The van der Waals surface area contributed by atoms with Crippen molar-refractivity contribution in [1.82, 2.24) is 9.47 Å². The zero-order valence-electron chi connectivity index (χ0n) is 14.2. The van der Waals surface area contributed by atoms with Crippen molar-refractivity contribution in [3.8, 4) is 5.75 Å². The number of nitro benzene ring substituents is 1. The number of morpholine rings is 1. The molecule has 0 bridgehead atoms. The number of nitrogens with zero attached hydrogens (tertiary/aromatic N) is 3. The van der Waals surface area contributed by atoms with Crippen molar-refractivity contribution in [3.05, 3.63) is 34.0 Å². The van der Waals surface area contributed by atoms with Gasteiger partial charge in [-0.3, -0.25) is 15.0 Å². The van der Waals surface area contributed by atoms with Crippen molar-refractivity contribution in [2.75, 3.05) is 40.0 Å². The highest BCUT2D eigenvalue weighted by Gasteiger charge is 2.24. The van der Waals surface area contributed by atoms with E-state index >= 15 is 0 Å². The number of rotatable bonds is 6. The molecule has 7 nitrogen and oxygen atoms in total. The van der Waals surface area contributed by atoms with Gasteiger partial charge in [0, 0.05) is 26.3 Å². The zero-order valence-corrected chi connectivity index (χ0v) is 14.2. The van der Waals surface area contributed by atoms with Crippen LogP contribution in [-0.4, -0.2) is 54.3 Å². The minimum absolute atomic E-state index is 0.0666. The van der Waals surface area contributed by atoms with Gasteiger partial charge in [-0.25, -0.2) is 0 Å². The first-order chi connectivity index (χ1) is 11.6. The molecular formula is C17H23N3O4. The highest BCUT2D eigenvalue weighted by molar-refractivity contribution is 5.95. The third-order valence-electron chi connectivity index (χ3n) is 4.60. The van der Waals surface area contributed by atoms with E-state index in [1.54, 1.807) is 6.07 Å². The van der Waals surface area contributed by atoms with Crippen LogP contribution in [0.3, 0.4) is 0 Å². The molecular weight excluding hydrogens is 310 g/mol. The quantitative estimate of drug-likeness (QED) is 0.599. The summed E-state index contributed by atoms with van der Waals surface area (Å²) in [7, 11) is 3.39. The van der Waals surface area contributed by atoms with Gasteiger partial charge in [0.2, 0.25) is 0 Å². The summed E-state index contributed by atoms with van der Waals surface area (Å²) in [5.74, 6) is 0.313. The second kappa shape index (κ2) is 7.19. The van der Waals surface area contributed by atoms with Crippen LogP contribution in [0.2, 0.25) is 0 Å². The van der Waals surface area contributed by atoms with E-state index < -0.39 is 0 Å². The lowest BCUT2D eigenvalue weighted by atomic mass is 10.1. The fourth-order valence-corrected chi connectivity index (χ4v) is 3.39. The molecule has 7 heteroatoms. The molecule has 0 radical (unpaired) electrons. The standard InChI is InChI=1S/C17H23N3O4/c1-18-12-13(4-3-7-19-8-10-24-11-9-19)16-14(18)5-6-15(23-2)17(16)20(21)22/h5-6,12H,3-4,7-11H2,1-2H3. The second-order valence-corrected chi connectivity index (χ2v) is 6.09. The summed E-state index contributed by atoms with van der Waals surface area (Å²) >= 11 is 0. The van der Waals surface area contributed by atoms with E-state index in [1.807, 2.05) is 23.9 Å². The van der Waals surface area contributed by atoms with Crippen LogP contribution in [-0.2, 0) is 18.2 Å². The van der Waals surface area contributed by atoms with E-state index in [0.717, 1.165) is 56.8 Å². The Balaban J connectivity index is 1.85. The molecule has 1 aromatic carbocycles. The van der Waals surface area contributed by atoms with Gasteiger partial charge >= 0.3 is 5.69 Å². The molecule has 1 aliphatic heterocycles. The minimum atomic E-state index is -0.341. The largest absolute Gasteiger partial charge is 0.490 e. The Morgan fingerprint density at radius 2 is 2.08 bits per heavy atom. The lowest BCUT2D eigenvalue weighted by molar-refractivity contribution is -0.384. The molecule has 0 atom stereocenters. The van der Waals surface area contributed by atoms with Crippen LogP contribution in [0.25, 0.3) is 10.9 Å². The number of ether oxygens (including phenoxy) is 2. The van der Waals surface area contributed by atoms with Gasteiger partial charge in [-0.15, -0.1) is 0 Å². The summed E-state index contributed by atoms with van der Waals surface area (Å²) < 4.78 is 12.5. The Morgan fingerprint density at radius 3 is 2.75 bits per heavy atom. The minimum Gasteiger partial charge on any atom is -0.490 e. The molecule has 0 saturated carbocycles. The van der Waals surface area contributed by atoms with Crippen LogP contribution < -0.4 is 4.74 Å². The smallest absolute Gasteiger partial charge is 0.320 e. The Labute approximate surface area is 140 Å². The maximum Gasteiger partial charge on any atom is 0.320 e. The van der Waals surface area contributed by atoms with E-state index in [0.29, 0.717) is 11.1 Å². The SMILES string of the molecule is COc1ccc2c(c(CCCN3CCOCC3)cn2C)c1[N+](=O)[O-]. The van der Waals surface area contributed by atoms with E-state index in [-0.39, 0.29) is 10.6 Å². The number of hydrogen-bond donors (Lipinski definition) is 0. The molecule has 1 aromatic heterocycles. The molecule has 24 heavy (non-hydrogen) atoms. The van der Waals surface area contributed by atoms with Gasteiger partial charge in [-0.05, 0) is 37.1 Å². The first-order valence-corrected chi connectivity index (χ1v) is 8.21. The van der Waals surface area contributed by atoms with Gasteiger partial charge in [-0.2, -0.15) is 0 Å². The Kier molecular flexibility index (Phi) is 5.01. The zero-order chi connectivity index (χ0) is 17.1. The van der Waals surface area contributed by atoms with Gasteiger partial charge in [0.15, 0.2) is 5.75 Å². The number of aryl methyl sites for hydroxylation is 2. The number of aromatic nitrogens is 1. The lowest BCUT2D eigenvalue weighted by Crippen LogP contribution is -2.36. The molecule has 0 aliphatic carbocycles. The summed E-state index contributed by atoms with van der Waals surface area (Å²) in [5, 5.41) is 12.3. The van der Waals surface area contributed by atoms with E-state index in [2.05, 4.69) is 4.90 Å². The van der Waals surface area contributed by atoms with E-state index in [4.69, 9.17) is 9.47 Å². The van der Waals surface area contributed by atoms with Crippen molar-refractivity contribution in [2.45, 2.75) is 12.8 Å². The molecule has 0 N–H and O–H groups in total. The average molecular weight is 333 g/mol. The van der Waals surface area contributed by atoms with Crippen LogP contribution in [0.4, 0.5) is 5.69 Å². The van der Waals surface area contributed by atoms with Gasteiger partial charge in [0.25, 0.3) is 0 Å². The lowest BCUT2D eigenvalue weighted by Gasteiger charge is -2.26. The summed E-state index contributed by atoms with van der Waals surface area (Å²) in [5.41, 5.74) is 1.94. The molecule has 1 fully saturated rings. The normalized spacial score (nSPS) is 15.8. The predicted molar refractivity (Wildman–Crippen MR) is 91.7 cm³/mol. The van der Waals surface area contributed by atoms with Crippen molar-refractivity contribution in [1.29, 1.82) is 0 Å². The van der Waals surface area contributed by atoms with Crippen LogP contribution in [0.5, 0.6) is 5.75 Å². The number of hydrogen-bond acceptors (Lipinski definition) is 5. The third kappa shape index (κ3) is 3.22. The molecule has 130 valence electrons. The van der Waals surface area contributed by atoms with Crippen LogP contribution in [0.15, 0.2) is 18.3 Å². The fourth-order valence-electron chi connectivity index (χ4n) is 3.39. The first kappa shape index (κ1) is 16.7. The van der Waals surface area contributed by atoms with E-state index in [1.165, 1.54) is 7.11 Å². The molecule has 2 aromatic rings. The molecule has 2 heterocycles. The van der Waals surface area contributed by atoms with Crippen LogP contribution in [0, 0.1) is 10.1 Å². The predicted octanol–water partition coefficient (Wildman–Crippen LogP) is 2.36. The van der Waals surface area contributed by atoms with Gasteiger partial charge in [0.1, 0.15) is 0 Å². The summed E-state index contributed by atoms with van der Waals surface area (Å²) in [6.45, 7) is 4.48. The molecule has 0 spiro atoms. The summed E-state index contributed by atoms with van der Waals surface area (Å²) in [4.78, 5) is 13.6. The van der Waals surface area contributed by atoms with Crippen LogP contribution >= 0.6 is 0 Å².